The fraction of sp³-hybridized carbons (Fsp3) is 0.500. The molecule has 7 nitrogen and oxygen atoms in total. The van der Waals surface area contributed by atoms with Crippen LogP contribution in [-0.2, 0) is 11.4 Å². The number of thioether (sulfide) groups is 1. The number of morpholine rings is 1. The molecular weight excluding hydrogens is 348 g/mol. The van der Waals surface area contributed by atoms with Crippen LogP contribution in [0, 0.1) is 0 Å². The minimum Gasteiger partial charge on any atom is -0.379 e. The zero-order chi connectivity index (χ0) is 17.9. The van der Waals surface area contributed by atoms with Gasteiger partial charge in [-0.05, 0) is 20.2 Å². The van der Waals surface area contributed by atoms with Gasteiger partial charge in [-0.2, -0.15) is 0 Å². The molecule has 1 aliphatic rings. The molecule has 0 atom stereocenters. The maximum Gasteiger partial charge on any atom is 0.211 e. The van der Waals surface area contributed by atoms with E-state index in [1.807, 2.05) is 6.07 Å². The Hall–Kier alpha value is -1.74. The molecule has 0 unspecified atom stereocenters. The highest BCUT2D eigenvalue weighted by Gasteiger charge is 2.18. The molecular formula is C18H24N6OS. The summed E-state index contributed by atoms with van der Waals surface area (Å²) in [6.07, 6.45) is 0. The van der Waals surface area contributed by atoms with Crippen LogP contribution < -0.4 is 0 Å². The van der Waals surface area contributed by atoms with Crippen LogP contribution in [0.4, 0.5) is 0 Å². The van der Waals surface area contributed by atoms with Gasteiger partial charge in [-0.25, -0.2) is 4.98 Å². The standard InChI is InChI=1S/C18H24N6OS/c1-22(2)9-12-26-18-19-17-16(20-21-18)14-5-3-4-6-15(14)24(17)13-23-7-10-25-11-8-23/h3-6H,7-13H2,1-2H3. The van der Waals surface area contributed by atoms with Crippen molar-refractivity contribution in [2.75, 3.05) is 52.7 Å². The Morgan fingerprint density at radius 3 is 2.77 bits per heavy atom. The van der Waals surface area contributed by atoms with E-state index in [1.54, 1.807) is 11.8 Å². The van der Waals surface area contributed by atoms with E-state index < -0.39 is 0 Å². The van der Waals surface area contributed by atoms with Gasteiger partial charge in [0.1, 0.15) is 5.52 Å². The Morgan fingerprint density at radius 2 is 1.96 bits per heavy atom. The largest absolute Gasteiger partial charge is 0.379 e. The zero-order valence-electron chi connectivity index (χ0n) is 15.3. The predicted molar refractivity (Wildman–Crippen MR) is 104 cm³/mol. The molecule has 138 valence electrons. The summed E-state index contributed by atoms with van der Waals surface area (Å²) in [6.45, 7) is 5.25. The van der Waals surface area contributed by atoms with Crippen LogP contribution in [0.25, 0.3) is 22.1 Å². The van der Waals surface area contributed by atoms with Gasteiger partial charge in [0.05, 0.1) is 25.4 Å². The Balaban J connectivity index is 1.70. The molecule has 0 bridgehead atoms. The van der Waals surface area contributed by atoms with Crippen LogP contribution in [-0.4, -0.2) is 82.2 Å². The second kappa shape index (κ2) is 7.87. The average Bonchev–Trinajstić information content (AvgIpc) is 2.96. The number of hydrogen-bond donors (Lipinski definition) is 0. The Labute approximate surface area is 157 Å². The van der Waals surface area contributed by atoms with Gasteiger partial charge >= 0.3 is 0 Å². The van der Waals surface area contributed by atoms with Gasteiger partial charge in [0.15, 0.2) is 5.65 Å². The van der Waals surface area contributed by atoms with Gasteiger partial charge in [0, 0.05) is 30.8 Å². The van der Waals surface area contributed by atoms with Crippen LogP contribution in [0.5, 0.6) is 0 Å². The van der Waals surface area contributed by atoms with E-state index in [4.69, 9.17) is 9.72 Å². The summed E-state index contributed by atoms with van der Waals surface area (Å²) in [6, 6.07) is 8.35. The molecule has 0 aliphatic carbocycles. The molecule has 0 N–H and O–H groups in total. The summed E-state index contributed by atoms with van der Waals surface area (Å²) >= 11 is 1.65. The first kappa shape index (κ1) is 17.7. The molecule has 26 heavy (non-hydrogen) atoms. The van der Waals surface area contributed by atoms with Crippen LogP contribution in [0.15, 0.2) is 29.4 Å². The van der Waals surface area contributed by atoms with Gasteiger partial charge in [-0.1, -0.05) is 30.0 Å². The summed E-state index contributed by atoms with van der Waals surface area (Å²) in [5.74, 6) is 0.948. The topological polar surface area (TPSA) is 59.3 Å². The zero-order valence-corrected chi connectivity index (χ0v) is 16.1. The van der Waals surface area contributed by atoms with Crippen LogP contribution in [0.3, 0.4) is 0 Å². The number of rotatable bonds is 6. The van der Waals surface area contributed by atoms with E-state index in [0.29, 0.717) is 0 Å². The number of hydrogen-bond acceptors (Lipinski definition) is 7. The summed E-state index contributed by atoms with van der Waals surface area (Å²) in [4.78, 5) is 9.41. The molecule has 1 aromatic carbocycles. The van der Waals surface area contributed by atoms with Crippen molar-refractivity contribution in [1.29, 1.82) is 0 Å². The minimum atomic E-state index is 0.741. The van der Waals surface area contributed by atoms with Crippen LogP contribution in [0.1, 0.15) is 0 Å². The molecule has 3 aromatic rings. The van der Waals surface area contributed by atoms with Crippen molar-refractivity contribution in [3.05, 3.63) is 24.3 Å². The third kappa shape index (κ3) is 3.68. The van der Waals surface area contributed by atoms with Gasteiger partial charge in [0.2, 0.25) is 5.16 Å². The number of ether oxygens (including phenoxy) is 1. The molecule has 0 saturated carbocycles. The quantitative estimate of drug-likeness (QED) is 0.613. The molecule has 0 amide bonds. The fourth-order valence-electron chi connectivity index (χ4n) is 3.16. The Morgan fingerprint density at radius 1 is 1.15 bits per heavy atom. The molecule has 0 spiro atoms. The van der Waals surface area contributed by atoms with E-state index >= 15 is 0 Å². The van der Waals surface area contributed by atoms with Gasteiger partial charge in [-0.15, -0.1) is 10.2 Å². The van der Waals surface area contributed by atoms with Gasteiger partial charge < -0.3 is 14.2 Å². The predicted octanol–water partition coefficient (Wildman–Crippen LogP) is 1.92. The Kier molecular flexibility index (Phi) is 5.35. The number of aromatic nitrogens is 4. The molecule has 4 rings (SSSR count). The number of fused-ring (bicyclic) bond motifs is 3. The summed E-state index contributed by atoms with van der Waals surface area (Å²) in [7, 11) is 4.14. The molecule has 0 radical (unpaired) electrons. The van der Waals surface area contributed by atoms with E-state index in [2.05, 4.69) is 56.9 Å². The van der Waals surface area contributed by atoms with E-state index in [0.717, 1.165) is 72.5 Å². The van der Waals surface area contributed by atoms with Crippen molar-refractivity contribution in [3.63, 3.8) is 0 Å². The lowest BCUT2D eigenvalue weighted by Gasteiger charge is -2.27. The number of nitrogens with zero attached hydrogens (tertiary/aromatic N) is 6. The fourth-order valence-corrected chi connectivity index (χ4v) is 4.04. The highest BCUT2D eigenvalue weighted by molar-refractivity contribution is 7.99. The molecule has 3 heterocycles. The summed E-state index contributed by atoms with van der Waals surface area (Å²) < 4.78 is 7.74. The molecule has 8 heteroatoms. The Bertz CT molecular complexity index is 890. The first-order chi connectivity index (χ1) is 12.7. The SMILES string of the molecule is CN(C)CCSc1nnc2c3ccccc3n(CN3CCOCC3)c2n1. The lowest BCUT2D eigenvalue weighted by molar-refractivity contribution is 0.0247. The molecule has 1 saturated heterocycles. The van der Waals surface area contributed by atoms with E-state index in [9.17, 15) is 0 Å². The maximum absolute atomic E-state index is 5.48. The van der Waals surface area contributed by atoms with Crippen molar-refractivity contribution in [2.24, 2.45) is 0 Å². The van der Waals surface area contributed by atoms with Crippen molar-refractivity contribution in [1.82, 2.24) is 29.5 Å². The van der Waals surface area contributed by atoms with Gasteiger partial charge in [0.25, 0.3) is 0 Å². The number of benzene rings is 1. The van der Waals surface area contributed by atoms with Crippen molar-refractivity contribution in [3.8, 4) is 0 Å². The average molecular weight is 372 g/mol. The highest BCUT2D eigenvalue weighted by Crippen LogP contribution is 2.27. The molecule has 1 fully saturated rings. The second-order valence-electron chi connectivity index (χ2n) is 6.74. The monoisotopic (exact) mass is 372 g/mol. The maximum atomic E-state index is 5.48. The number of para-hydroxylation sites is 1. The normalized spacial score (nSPS) is 16.1. The molecule has 2 aromatic heterocycles. The third-order valence-corrected chi connectivity index (χ3v) is 5.39. The van der Waals surface area contributed by atoms with Crippen molar-refractivity contribution >= 4 is 33.8 Å². The van der Waals surface area contributed by atoms with E-state index in [1.165, 1.54) is 0 Å². The lowest BCUT2D eigenvalue weighted by Crippen LogP contribution is -2.37. The first-order valence-corrected chi connectivity index (χ1v) is 9.90. The second-order valence-corrected chi connectivity index (χ2v) is 7.80. The van der Waals surface area contributed by atoms with Crippen molar-refractivity contribution < 1.29 is 4.74 Å². The third-order valence-electron chi connectivity index (χ3n) is 4.57. The summed E-state index contributed by atoms with van der Waals surface area (Å²) in [5.41, 5.74) is 2.96. The lowest BCUT2D eigenvalue weighted by atomic mass is 10.2. The van der Waals surface area contributed by atoms with Crippen LogP contribution >= 0.6 is 11.8 Å². The first-order valence-electron chi connectivity index (χ1n) is 8.91. The van der Waals surface area contributed by atoms with Crippen LogP contribution in [0.2, 0.25) is 0 Å². The molecule has 1 aliphatic heterocycles. The highest BCUT2D eigenvalue weighted by atomic mass is 32.2. The smallest absolute Gasteiger partial charge is 0.211 e. The van der Waals surface area contributed by atoms with Gasteiger partial charge in [-0.3, -0.25) is 4.90 Å². The van der Waals surface area contributed by atoms with E-state index in [-0.39, 0.29) is 0 Å². The summed E-state index contributed by atoms with van der Waals surface area (Å²) in [5, 5.41) is 10.7. The van der Waals surface area contributed by atoms with Crippen molar-refractivity contribution in [2.45, 2.75) is 11.8 Å². The minimum absolute atomic E-state index is 0.741.